The van der Waals surface area contributed by atoms with Gasteiger partial charge in [-0.15, -0.1) is 0 Å². The highest BCUT2D eigenvalue weighted by Crippen LogP contribution is 2.41. The van der Waals surface area contributed by atoms with Crippen molar-refractivity contribution in [3.05, 3.63) is 132 Å². The largest absolute Gasteiger partial charge is 0.507 e. The zero-order chi connectivity index (χ0) is 33.5. The molecule has 0 fully saturated rings. The summed E-state index contributed by atoms with van der Waals surface area (Å²) >= 11 is 0. The fourth-order valence-corrected chi connectivity index (χ4v) is 7.13. The zero-order valence-corrected chi connectivity index (χ0v) is 28.7. The average Bonchev–Trinajstić information content (AvgIpc) is 3.42. The van der Waals surface area contributed by atoms with E-state index in [-0.39, 0.29) is 5.75 Å². The second-order valence-corrected chi connectivity index (χ2v) is 14.0. The molecule has 240 valence electrons. The maximum atomic E-state index is 10.9. The van der Waals surface area contributed by atoms with Crippen LogP contribution in [0.15, 0.2) is 115 Å². The van der Waals surface area contributed by atoms with Crippen molar-refractivity contribution in [3.8, 4) is 45.1 Å². The molecule has 0 bridgehead atoms. The normalized spacial score (nSPS) is 11.9. The molecule has 0 saturated carbocycles. The Labute approximate surface area is 283 Å². The maximum absolute atomic E-state index is 10.9. The number of fused-ring (bicyclic) bond motifs is 3. The Balaban J connectivity index is 1.57. The van der Waals surface area contributed by atoms with Crippen LogP contribution in [0.4, 0.5) is 0 Å². The molecule has 4 aromatic carbocycles. The van der Waals surface area contributed by atoms with Crippen LogP contribution in [0, 0.1) is 5.92 Å². The van der Waals surface area contributed by atoms with Crippen molar-refractivity contribution < 1.29 is 5.11 Å². The lowest BCUT2D eigenvalue weighted by Gasteiger charge is -2.22. The molecule has 0 atom stereocenters. The van der Waals surface area contributed by atoms with E-state index in [1.807, 2.05) is 30.5 Å². The molecule has 4 nitrogen and oxygen atoms in total. The summed E-state index contributed by atoms with van der Waals surface area (Å²) in [5.41, 5.74) is 12.8. The summed E-state index contributed by atoms with van der Waals surface area (Å²) in [4.78, 5) is 10.2. The Morgan fingerprint density at radius 2 is 1.31 bits per heavy atom. The number of hydrogen-bond acceptors (Lipinski definition) is 3. The van der Waals surface area contributed by atoms with Gasteiger partial charge in [-0.3, -0.25) is 4.57 Å². The SMILES string of the molecule is CC(C)Cc1cc(-c2cc(-c3c(C(C)C)cccc3C(C)C)cc(-n3c4ccccc4c4cccnc43)c2)nc(-c2ccccc2O)c1. The number of aromatic nitrogens is 3. The molecule has 0 aliphatic carbocycles. The van der Waals surface area contributed by atoms with Crippen molar-refractivity contribution in [3.63, 3.8) is 0 Å². The Morgan fingerprint density at radius 3 is 2.04 bits per heavy atom. The number of phenolic OH excluding ortho intramolecular Hbond substituents is 1. The zero-order valence-electron chi connectivity index (χ0n) is 28.7. The highest BCUT2D eigenvalue weighted by Gasteiger charge is 2.21. The van der Waals surface area contributed by atoms with E-state index in [4.69, 9.17) is 9.97 Å². The maximum Gasteiger partial charge on any atom is 0.145 e. The van der Waals surface area contributed by atoms with E-state index in [0.29, 0.717) is 17.8 Å². The van der Waals surface area contributed by atoms with E-state index in [0.717, 1.165) is 56.7 Å². The van der Waals surface area contributed by atoms with Crippen LogP contribution in [-0.4, -0.2) is 19.6 Å². The van der Waals surface area contributed by atoms with Crippen LogP contribution < -0.4 is 0 Å². The summed E-state index contributed by atoms with van der Waals surface area (Å²) in [5.74, 6) is 1.40. The topological polar surface area (TPSA) is 50.9 Å². The third-order valence-electron chi connectivity index (χ3n) is 9.28. The van der Waals surface area contributed by atoms with Crippen LogP contribution in [0.3, 0.4) is 0 Å². The Kier molecular flexibility index (Phi) is 8.35. The highest BCUT2D eigenvalue weighted by atomic mass is 16.3. The van der Waals surface area contributed by atoms with E-state index < -0.39 is 0 Å². The number of phenols is 1. The molecule has 0 saturated heterocycles. The Morgan fingerprint density at radius 1 is 0.646 bits per heavy atom. The predicted octanol–water partition coefficient (Wildman–Crippen LogP) is 11.7. The lowest BCUT2D eigenvalue weighted by molar-refractivity contribution is 0.477. The standard InChI is InChI=1S/C44H43N3O/c1-27(2)21-30-22-39(46-40(23-30)38-14-8-10-19-42(38)48)31-24-32(43-34(28(3)4)15-11-16-35(43)29(5)6)26-33(25-31)47-41-18-9-7-13-36(41)37-17-12-20-45-44(37)47/h7-20,22-29,48H,21H2,1-6H3. The number of benzene rings is 4. The molecule has 0 unspecified atom stereocenters. The number of aromatic hydroxyl groups is 1. The first kappa shape index (κ1) is 31.4. The van der Waals surface area contributed by atoms with Crippen molar-refractivity contribution in [2.24, 2.45) is 5.92 Å². The summed E-state index contributed by atoms with van der Waals surface area (Å²) in [7, 11) is 0. The molecular weight excluding hydrogens is 587 g/mol. The van der Waals surface area contributed by atoms with Crippen LogP contribution in [0.5, 0.6) is 5.75 Å². The minimum Gasteiger partial charge on any atom is -0.507 e. The number of hydrogen-bond donors (Lipinski definition) is 1. The van der Waals surface area contributed by atoms with Gasteiger partial charge in [-0.1, -0.05) is 90.1 Å². The molecule has 0 aliphatic heterocycles. The van der Waals surface area contributed by atoms with Gasteiger partial charge in [0.1, 0.15) is 11.4 Å². The van der Waals surface area contributed by atoms with Gasteiger partial charge in [0.05, 0.1) is 16.9 Å². The van der Waals surface area contributed by atoms with Crippen LogP contribution in [0.2, 0.25) is 0 Å². The first-order valence-corrected chi connectivity index (χ1v) is 17.1. The third-order valence-corrected chi connectivity index (χ3v) is 9.28. The smallest absolute Gasteiger partial charge is 0.145 e. The molecule has 7 aromatic rings. The van der Waals surface area contributed by atoms with E-state index in [2.05, 4.69) is 125 Å². The number of para-hydroxylation sites is 2. The van der Waals surface area contributed by atoms with E-state index >= 15 is 0 Å². The van der Waals surface area contributed by atoms with Crippen molar-refractivity contribution >= 4 is 21.9 Å². The molecule has 7 rings (SSSR count). The van der Waals surface area contributed by atoms with E-state index in [1.165, 1.54) is 27.6 Å². The van der Waals surface area contributed by atoms with Crippen LogP contribution in [0.1, 0.15) is 70.1 Å². The lowest BCUT2D eigenvalue weighted by atomic mass is 9.84. The first-order chi connectivity index (χ1) is 23.2. The number of pyridine rings is 2. The van der Waals surface area contributed by atoms with Gasteiger partial charge < -0.3 is 5.11 Å². The molecule has 3 heterocycles. The van der Waals surface area contributed by atoms with Gasteiger partial charge in [0.15, 0.2) is 0 Å². The molecule has 48 heavy (non-hydrogen) atoms. The summed E-state index contributed by atoms with van der Waals surface area (Å²) in [6, 6.07) is 38.2. The average molecular weight is 630 g/mol. The van der Waals surface area contributed by atoms with Crippen molar-refractivity contribution in [2.75, 3.05) is 0 Å². The summed E-state index contributed by atoms with van der Waals surface area (Å²) in [6.07, 6.45) is 2.79. The van der Waals surface area contributed by atoms with Gasteiger partial charge >= 0.3 is 0 Å². The second-order valence-electron chi connectivity index (χ2n) is 14.0. The second kappa shape index (κ2) is 12.8. The third kappa shape index (κ3) is 5.77. The Bertz CT molecular complexity index is 2190. The molecule has 0 aliphatic rings. The van der Waals surface area contributed by atoms with Gasteiger partial charge in [-0.05, 0) is 113 Å². The van der Waals surface area contributed by atoms with Crippen molar-refractivity contribution in [1.29, 1.82) is 0 Å². The first-order valence-electron chi connectivity index (χ1n) is 17.1. The molecule has 0 spiro atoms. The van der Waals surface area contributed by atoms with Crippen LogP contribution >= 0.6 is 0 Å². The lowest BCUT2D eigenvalue weighted by Crippen LogP contribution is -2.03. The molecular formula is C44H43N3O. The van der Waals surface area contributed by atoms with Crippen molar-refractivity contribution in [1.82, 2.24) is 14.5 Å². The van der Waals surface area contributed by atoms with Gasteiger partial charge in [0, 0.05) is 33.8 Å². The fraction of sp³-hybridized carbons (Fsp3) is 0.227. The van der Waals surface area contributed by atoms with Gasteiger partial charge in [-0.25, -0.2) is 9.97 Å². The van der Waals surface area contributed by atoms with E-state index in [9.17, 15) is 5.11 Å². The molecule has 0 amide bonds. The van der Waals surface area contributed by atoms with Gasteiger partial charge in [0.25, 0.3) is 0 Å². The Hall–Kier alpha value is -5.22. The predicted molar refractivity (Wildman–Crippen MR) is 201 cm³/mol. The molecule has 3 aromatic heterocycles. The molecule has 4 heteroatoms. The fourth-order valence-electron chi connectivity index (χ4n) is 7.13. The molecule has 1 N–H and O–H groups in total. The van der Waals surface area contributed by atoms with Crippen molar-refractivity contribution in [2.45, 2.75) is 59.8 Å². The highest BCUT2D eigenvalue weighted by molar-refractivity contribution is 6.08. The van der Waals surface area contributed by atoms with Gasteiger partial charge in [-0.2, -0.15) is 0 Å². The van der Waals surface area contributed by atoms with Crippen LogP contribution in [0.25, 0.3) is 61.3 Å². The van der Waals surface area contributed by atoms with Crippen LogP contribution in [-0.2, 0) is 6.42 Å². The molecule has 0 radical (unpaired) electrons. The monoisotopic (exact) mass is 629 g/mol. The minimum atomic E-state index is 0.232. The number of rotatable bonds is 8. The van der Waals surface area contributed by atoms with Gasteiger partial charge in [0.2, 0.25) is 0 Å². The number of nitrogens with zero attached hydrogens (tertiary/aromatic N) is 3. The quantitative estimate of drug-likeness (QED) is 0.182. The summed E-state index contributed by atoms with van der Waals surface area (Å²) < 4.78 is 2.30. The summed E-state index contributed by atoms with van der Waals surface area (Å²) in [5, 5.41) is 13.2. The van der Waals surface area contributed by atoms with E-state index in [1.54, 1.807) is 6.07 Å². The minimum absolute atomic E-state index is 0.232. The summed E-state index contributed by atoms with van der Waals surface area (Å²) in [6.45, 7) is 13.6.